The molecule has 1 saturated heterocycles. The van der Waals surface area contributed by atoms with Gasteiger partial charge in [0.15, 0.2) is 0 Å². The van der Waals surface area contributed by atoms with Crippen LogP contribution in [0.4, 0.5) is 0 Å². The van der Waals surface area contributed by atoms with Gasteiger partial charge in [-0.15, -0.1) is 0 Å². The molecule has 1 amide bonds. The highest BCUT2D eigenvalue weighted by Crippen LogP contribution is 2.33. The van der Waals surface area contributed by atoms with Gasteiger partial charge < -0.3 is 15.5 Å². The fourth-order valence-corrected chi connectivity index (χ4v) is 4.32. The van der Waals surface area contributed by atoms with Crippen LogP contribution < -0.4 is 11.1 Å². The van der Waals surface area contributed by atoms with E-state index in [1.165, 1.54) is 5.56 Å². The van der Waals surface area contributed by atoms with Crippen molar-refractivity contribution in [2.45, 2.75) is 31.8 Å². The Morgan fingerprint density at radius 3 is 2.59 bits per heavy atom. The fraction of sp³-hybridized carbons (Fsp3) is 0.375. The molecule has 29 heavy (non-hydrogen) atoms. The lowest BCUT2D eigenvalue weighted by Crippen LogP contribution is -2.45. The lowest BCUT2D eigenvalue weighted by atomic mass is 9.89. The highest BCUT2D eigenvalue weighted by Gasteiger charge is 2.37. The fourth-order valence-electron chi connectivity index (χ4n) is 4.32. The van der Waals surface area contributed by atoms with Crippen LogP contribution in [0.15, 0.2) is 65.1 Å². The van der Waals surface area contributed by atoms with Gasteiger partial charge in [-0.05, 0) is 44.0 Å². The second-order valence-corrected chi connectivity index (χ2v) is 8.06. The summed E-state index contributed by atoms with van der Waals surface area (Å²) in [7, 11) is 0. The van der Waals surface area contributed by atoms with Gasteiger partial charge in [0, 0.05) is 24.4 Å². The molecule has 4 atom stereocenters. The first kappa shape index (κ1) is 19.7. The summed E-state index contributed by atoms with van der Waals surface area (Å²) in [6.45, 7) is 6.24. The molecule has 2 unspecified atom stereocenters. The number of hydrogen-bond acceptors (Lipinski definition) is 4. The van der Waals surface area contributed by atoms with Crippen LogP contribution in [0, 0.1) is 5.92 Å². The predicted octanol–water partition coefficient (Wildman–Crippen LogP) is 3.67. The van der Waals surface area contributed by atoms with Gasteiger partial charge in [-0.25, -0.2) is 0 Å². The van der Waals surface area contributed by atoms with Gasteiger partial charge in [0.1, 0.15) is 11.3 Å². The molecule has 2 aromatic carbocycles. The normalized spacial score (nSPS) is 21.9. The van der Waals surface area contributed by atoms with E-state index in [4.69, 9.17) is 10.2 Å². The summed E-state index contributed by atoms with van der Waals surface area (Å²) in [5, 5.41) is 4.16. The molecule has 0 aliphatic carbocycles. The maximum absolute atomic E-state index is 12.9. The molecule has 3 aromatic rings. The number of para-hydroxylation sites is 1. The second-order valence-electron chi connectivity index (χ2n) is 8.06. The van der Waals surface area contributed by atoms with Gasteiger partial charge >= 0.3 is 0 Å². The molecule has 1 aromatic heterocycles. The molecule has 0 spiro atoms. The Bertz CT molecular complexity index is 935. The van der Waals surface area contributed by atoms with E-state index in [1.54, 1.807) is 0 Å². The van der Waals surface area contributed by atoms with Crippen LogP contribution in [0.25, 0.3) is 11.0 Å². The largest absolute Gasteiger partial charge is 0.459 e. The van der Waals surface area contributed by atoms with E-state index in [0.717, 1.165) is 29.8 Å². The number of nitrogens with one attached hydrogen (secondary N) is 1. The monoisotopic (exact) mass is 391 g/mol. The summed E-state index contributed by atoms with van der Waals surface area (Å²) in [4.78, 5) is 15.2. The second kappa shape index (κ2) is 8.39. The van der Waals surface area contributed by atoms with Crippen LogP contribution in [0.3, 0.4) is 0 Å². The molecule has 1 fully saturated rings. The van der Waals surface area contributed by atoms with Crippen molar-refractivity contribution in [1.82, 2.24) is 10.2 Å². The lowest BCUT2D eigenvalue weighted by molar-refractivity contribution is -0.126. The average molecular weight is 392 g/mol. The van der Waals surface area contributed by atoms with Crippen LogP contribution in [-0.2, 0) is 4.79 Å². The summed E-state index contributed by atoms with van der Waals surface area (Å²) >= 11 is 0. The third-order valence-corrected chi connectivity index (χ3v) is 6.16. The van der Waals surface area contributed by atoms with Gasteiger partial charge in [-0.3, -0.25) is 9.69 Å². The molecule has 152 valence electrons. The minimum atomic E-state index is -0.218. The number of hydrogen-bond donors (Lipinski definition) is 2. The van der Waals surface area contributed by atoms with Crippen LogP contribution in [0.1, 0.15) is 37.1 Å². The van der Waals surface area contributed by atoms with Crippen molar-refractivity contribution in [3.8, 4) is 0 Å². The first-order valence-corrected chi connectivity index (χ1v) is 10.3. The van der Waals surface area contributed by atoms with Crippen LogP contribution in [-0.4, -0.2) is 36.5 Å². The summed E-state index contributed by atoms with van der Waals surface area (Å²) in [5.41, 5.74) is 8.19. The maximum atomic E-state index is 12.9. The molecule has 0 saturated carbocycles. The van der Waals surface area contributed by atoms with Crippen molar-refractivity contribution in [2.75, 3.05) is 19.6 Å². The quantitative estimate of drug-likeness (QED) is 0.672. The molecule has 3 N–H and O–H groups in total. The molecular formula is C24H29N3O2. The highest BCUT2D eigenvalue weighted by atomic mass is 16.3. The predicted molar refractivity (Wildman–Crippen MR) is 116 cm³/mol. The van der Waals surface area contributed by atoms with Gasteiger partial charge in [-0.1, -0.05) is 48.5 Å². The first-order valence-electron chi connectivity index (χ1n) is 10.3. The Hall–Kier alpha value is -2.63. The summed E-state index contributed by atoms with van der Waals surface area (Å²) in [5.74, 6) is 1.52. The van der Waals surface area contributed by atoms with Crippen LogP contribution >= 0.6 is 0 Å². The molecule has 5 nitrogen and oxygen atoms in total. The van der Waals surface area contributed by atoms with E-state index >= 15 is 0 Å². The Morgan fingerprint density at radius 1 is 1.14 bits per heavy atom. The van der Waals surface area contributed by atoms with Crippen LogP contribution in [0.2, 0.25) is 0 Å². The molecular weight excluding hydrogens is 362 g/mol. The number of rotatable bonds is 6. The van der Waals surface area contributed by atoms with Crippen molar-refractivity contribution in [3.63, 3.8) is 0 Å². The molecule has 2 heterocycles. The van der Waals surface area contributed by atoms with Gasteiger partial charge in [0.25, 0.3) is 0 Å². The van der Waals surface area contributed by atoms with Crippen molar-refractivity contribution >= 4 is 16.9 Å². The molecule has 1 aliphatic rings. The standard InChI is InChI=1S/C24H29N3O2/c1-16(23-12-19-10-6-7-11-22(19)29-23)26-24(28)17(2)27-14-20(13-25)21(15-27)18-8-4-3-5-9-18/h3-12,16-17,20-21H,13-15,25H2,1-2H3,(H,26,28)/t16?,17?,20-,21+/m1/s1. The van der Waals surface area contributed by atoms with E-state index in [2.05, 4.69) is 34.5 Å². The smallest absolute Gasteiger partial charge is 0.237 e. The SMILES string of the molecule is CC(NC(=O)C(C)N1C[C@@H](CN)[C@H](c2ccccc2)C1)c1cc2ccccc2o1. The first-order chi connectivity index (χ1) is 14.1. The zero-order chi connectivity index (χ0) is 20.4. The van der Waals surface area contributed by atoms with Crippen LogP contribution in [0.5, 0.6) is 0 Å². The Kier molecular flexibility index (Phi) is 5.69. The molecule has 0 bridgehead atoms. The summed E-state index contributed by atoms with van der Waals surface area (Å²) < 4.78 is 5.90. The van der Waals surface area contributed by atoms with E-state index in [0.29, 0.717) is 18.4 Å². The van der Waals surface area contributed by atoms with E-state index in [1.807, 2.05) is 50.2 Å². The van der Waals surface area contributed by atoms with Gasteiger partial charge in [-0.2, -0.15) is 0 Å². The van der Waals surface area contributed by atoms with Crippen molar-refractivity contribution in [3.05, 3.63) is 72.0 Å². The Morgan fingerprint density at radius 2 is 1.86 bits per heavy atom. The zero-order valence-electron chi connectivity index (χ0n) is 17.0. The zero-order valence-corrected chi connectivity index (χ0v) is 17.0. The molecule has 5 heteroatoms. The number of benzene rings is 2. The minimum absolute atomic E-state index is 0.0161. The summed E-state index contributed by atoms with van der Waals surface area (Å²) in [6, 6.07) is 20.0. The maximum Gasteiger partial charge on any atom is 0.237 e. The van der Waals surface area contributed by atoms with Crippen molar-refractivity contribution in [2.24, 2.45) is 11.7 Å². The number of fused-ring (bicyclic) bond motifs is 1. The lowest BCUT2D eigenvalue weighted by Gasteiger charge is -2.25. The number of nitrogens with two attached hydrogens (primary N) is 1. The Balaban J connectivity index is 1.42. The van der Waals surface area contributed by atoms with E-state index < -0.39 is 0 Å². The Labute approximate surface area is 171 Å². The van der Waals surface area contributed by atoms with Crippen molar-refractivity contribution < 1.29 is 9.21 Å². The highest BCUT2D eigenvalue weighted by molar-refractivity contribution is 5.82. The minimum Gasteiger partial charge on any atom is -0.459 e. The third-order valence-electron chi connectivity index (χ3n) is 6.16. The number of likely N-dealkylation sites (tertiary alicyclic amines) is 1. The number of furan rings is 1. The van der Waals surface area contributed by atoms with Gasteiger partial charge in [0.05, 0.1) is 12.1 Å². The van der Waals surface area contributed by atoms with Crippen molar-refractivity contribution in [1.29, 1.82) is 0 Å². The third kappa shape index (κ3) is 4.07. The van der Waals surface area contributed by atoms with E-state index in [9.17, 15) is 4.79 Å². The van der Waals surface area contributed by atoms with E-state index in [-0.39, 0.29) is 18.0 Å². The number of nitrogens with zero attached hydrogens (tertiary/aromatic N) is 1. The molecule has 0 radical (unpaired) electrons. The van der Waals surface area contributed by atoms with Gasteiger partial charge in [0.2, 0.25) is 5.91 Å². The average Bonchev–Trinajstić information content (AvgIpc) is 3.38. The molecule has 1 aliphatic heterocycles. The number of carbonyl (C=O) groups is 1. The number of carbonyl (C=O) groups excluding carboxylic acids is 1. The topological polar surface area (TPSA) is 71.5 Å². The summed E-state index contributed by atoms with van der Waals surface area (Å²) in [6.07, 6.45) is 0. The number of amides is 1. The molecule has 4 rings (SSSR count).